The average molecular weight is 312 g/mol. The number of benzene rings is 1. The van der Waals surface area contributed by atoms with Gasteiger partial charge >= 0.3 is 0 Å². The van der Waals surface area contributed by atoms with Crippen LogP contribution < -0.4 is 10.5 Å². The van der Waals surface area contributed by atoms with Gasteiger partial charge in [0.2, 0.25) is 0 Å². The van der Waals surface area contributed by atoms with Crippen molar-refractivity contribution in [3.63, 3.8) is 0 Å². The lowest BCUT2D eigenvalue weighted by Crippen LogP contribution is -2.39. The summed E-state index contributed by atoms with van der Waals surface area (Å²) >= 11 is 0. The molecule has 2 aromatic rings. The largest absolute Gasteiger partial charge is 0.497 e. The van der Waals surface area contributed by atoms with Gasteiger partial charge in [-0.25, -0.2) is 9.97 Å². The smallest absolute Gasteiger partial charge is 0.150 e. The zero-order chi connectivity index (χ0) is 16.4. The third-order valence-corrected chi connectivity index (χ3v) is 4.68. The summed E-state index contributed by atoms with van der Waals surface area (Å²) in [5.74, 6) is 2.26. The number of hydrogen-bond acceptors (Lipinski definition) is 5. The maximum Gasteiger partial charge on any atom is 0.150 e. The van der Waals surface area contributed by atoms with Crippen molar-refractivity contribution in [3.8, 4) is 5.75 Å². The lowest BCUT2D eigenvalue weighted by molar-refractivity contribution is 0.137. The summed E-state index contributed by atoms with van der Waals surface area (Å²) in [6.07, 6.45) is 2.19. The lowest BCUT2D eigenvalue weighted by atomic mass is 9.97. The molecule has 1 aliphatic heterocycles. The maximum atomic E-state index is 5.93. The Labute approximate surface area is 137 Å². The third kappa shape index (κ3) is 3.15. The highest BCUT2D eigenvalue weighted by Crippen LogP contribution is 2.38. The topological polar surface area (TPSA) is 64.3 Å². The average Bonchev–Trinajstić information content (AvgIpc) is 2.89. The Balaban J connectivity index is 1.86. The van der Waals surface area contributed by atoms with Crippen molar-refractivity contribution < 1.29 is 4.74 Å². The molecule has 1 saturated heterocycles. The molecule has 23 heavy (non-hydrogen) atoms. The summed E-state index contributed by atoms with van der Waals surface area (Å²) in [5.41, 5.74) is 7.95. The fraction of sp³-hybridized carbons (Fsp3) is 0.444. The number of likely N-dealkylation sites (tertiary alicyclic amines) is 1. The molecule has 3 rings (SSSR count). The van der Waals surface area contributed by atoms with Crippen LogP contribution in [0.4, 0.5) is 5.82 Å². The highest BCUT2D eigenvalue weighted by atomic mass is 16.5. The number of nitrogens with zero attached hydrogens (tertiary/aromatic N) is 3. The molecule has 2 N–H and O–H groups in total. The molecule has 1 aromatic carbocycles. The zero-order valence-corrected chi connectivity index (χ0v) is 14.0. The second-order valence-corrected chi connectivity index (χ2v) is 6.40. The van der Waals surface area contributed by atoms with Gasteiger partial charge in [0, 0.05) is 18.3 Å². The number of methoxy groups -OCH3 is 1. The first-order chi connectivity index (χ1) is 11.0. The van der Waals surface area contributed by atoms with Crippen molar-refractivity contribution in [2.75, 3.05) is 19.4 Å². The predicted octanol–water partition coefficient (Wildman–Crippen LogP) is 2.89. The second-order valence-electron chi connectivity index (χ2n) is 6.40. The number of rotatable bonds is 4. The van der Waals surface area contributed by atoms with Crippen molar-refractivity contribution in [3.05, 3.63) is 47.4 Å². The Bertz CT molecular complexity index is 666. The van der Waals surface area contributed by atoms with Gasteiger partial charge in [0.1, 0.15) is 11.6 Å². The van der Waals surface area contributed by atoms with Crippen LogP contribution in [0.5, 0.6) is 5.75 Å². The normalized spacial score (nSPS) is 21.5. The van der Waals surface area contributed by atoms with Crippen LogP contribution in [0.1, 0.15) is 36.8 Å². The van der Waals surface area contributed by atoms with Gasteiger partial charge in [-0.1, -0.05) is 12.1 Å². The summed E-state index contributed by atoms with van der Waals surface area (Å²) in [5, 5.41) is 0. The first-order valence-corrected chi connectivity index (χ1v) is 8.01. The summed E-state index contributed by atoms with van der Waals surface area (Å²) in [4.78, 5) is 11.6. The van der Waals surface area contributed by atoms with Gasteiger partial charge < -0.3 is 10.5 Å². The van der Waals surface area contributed by atoms with Gasteiger partial charge in [0.15, 0.2) is 5.82 Å². The van der Waals surface area contributed by atoms with E-state index in [4.69, 9.17) is 10.5 Å². The van der Waals surface area contributed by atoms with Crippen LogP contribution in [0.3, 0.4) is 0 Å². The molecule has 0 spiro atoms. The van der Waals surface area contributed by atoms with Gasteiger partial charge in [-0.05, 0) is 50.9 Å². The van der Waals surface area contributed by atoms with E-state index in [1.54, 1.807) is 7.11 Å². The molecule has 0 amide bonds. The first kappa shape index (κ1) is 15.7. The molecule has 1 aromatic heterocycles. The Morgan fingerprint density at radius 2 is 2.00 bits per heavy atom. The van der Waals surface area contributed by atoms with E-state index < -0.39 is 0 Å². The molecule has 0 saturated carbocycles. The SMILES string of the molecule is COc1ccc(CN2CCCC2(C)c2nc(C)cc(N)n2)cc1. The van der Waals surface area contributed by atoms with E-state index in [-0.39, 0.29) is 5.54 Å². The van der Waals surface area contributed by atoms with E-state index in [0.29, 0.717) is 5.82 Å². The van der Waals surface area contributed by atoms with Crippen LogP contribution in [0.2, 0.25) is 0 Å². The van der Waals surface area contributed by atoms with Crippen LogP contribution >= 0.6 is 0 Å². The lowest BCUT2D eigenvalue weighted by Gasteiger charge is -2.34. The summed E-state index contributed by atoms with van der Waals surface area (Å²) in [6, 6.07) is 10.1. The highest BCUT2D eigenvalue weighted by Gasteiger charge is 2.40. The zero-order valence-electron chi connectivity index (χ0n) is 14.0. The summed E-state index contributed by atoms with van der Waals surface area (Å²) in [6.45, 7) is 6.10. The Morgan fingerprint density at radius 3 is 2.65 bits per heavy atom. The maximum absolute atomic E-state index is 5.93. The number of aryl methyl sites for hydroxylation is 1. The number of nitrogens with two attached hydrogens (primary N) is 1. The summed E-state index contributed by atoms with van der Waals surface area (Å²) in [7, 11) is 1.69. The highest BCUT2D eigenvalue weighted by molar-refractivity contribution is 5.31. The minimum atomic E-state index is -0.167. The third-order valence-electron chi connectivity index (χ3n) is 4.68. The minimum Gasteiger partial charge on any atom is -0.497 e. The van der Waals surface area contributed by atoms with Gasteiger partial charge in [-0.2, -0.15) is 0 Å². The monoisotopic (exact) mass is 312 g/mol. The molecule has 122 valence electrons. The fourth-order valence-corrected chi connectivity index (χ4v) is 3.31. The Kier molecular flexibility index (Phi) is 4.22. The van der Waals surface area contributed by atoms with Gasteiger partial charge in [0.05, 0.1) is 12.6 Å². The molecule has 0 radical (unpaired) electrons. The first-order valence-electron chi connectivity index (χ1n) is 8.01. The van der Waals surface area contributed by atoms with Crippen molar-refractivity contribution in [1.29, 1.82) is 0 Å². The standard InChI is InChI=1S/C18H24N4O/c1-13-11-16(19)21-17(20-13)18(2)9-4-10-22(18)12-14-5-7-15(23-3)8-6-14/h5-8,11H,4,9-10,12H2,1-3H3,(H2,19,20,21). The predicted molar refractivity (Wildman–Crippen MR) is 91.2 cm³/mol. The van der Waals surface area contributed by atoms with Crippen LogP contribution in [-0.2, 0) is 12.1 Å². The second kappa shape index (κ2) is 6.16. The van der Waals surface area contributed by atoms with Crippen molar-refractivity contribution in [1.82, 2.24) is 14.9 Å². The molecule has 5 heteroatoms. The molecule has 0 bridgehead atoms. The number of aromatic nitrogens is 2. The molecule has 2 heterocycles. The molecule has 1 fully saturated rings. The minimum absolute atomic E-state index is 0.167. The van der Waals surface area contributed by atoms with E-state index in [1.807, 2.05) is 25.1 Å². The van der Waals surface area contributed by atoms with Crippen molar-refractivity contribution >= 4 is 5.82 Å². The van der Waals surface area contributed by atoms with E-state index >= 15 is 0 Å². The molecule has 1 unspecified atom stereocenters. The van der Waals surface area contributed by atoms with E-state index in [1.165, 1.54) is 5.56 Å². The van der Waals surface area contributed by atoms with Crippen LogP contribution in [0.25, 0.3) is 0 Å². The van der Waals surface area contributed by atoms with Gasteiger partial charge in [0.25, 0.3) is 0 Å². The molecular formula is C18H24N4O. The quantitative estimate of drug-likeness (QED) is 0.940. The van der Waals surface area contributed by atoms with Gasteiger partial charge in [-0.3, -0.25) is 4.90 Å². The van der Waals surface area contributed by atoms with Crippen LogP contribution in [0, 0.1) is 6.92 Å². The van der Waals surface area contributed by atoms with Crippen LogP contribution in [0.15, 0.2) is 30.3 Å². The van der Waals surface area contributed by atoms with E-state index in [0.717, 1.165) is 43.2 Å². The number of anilines is 1. The molecular weight excluding hydrogens is 288 g/mol. The number of hydrogen-bond donors (Lipinski definition) is 1. The van der Waals surface area contributed by atoms with Crippen molar-refractivity contribution in [2.24, 2.45) is 0 Å². The van der Waals surface area contributed by atoms with E-state index in [2.05, 4.69) is 33.9 Å². The molecule has 5 nitrogen and oxygen atoms in total. The molecule has 1 aliphatic rings. The molecule has 0 aliphatic carbocycles. The van der Waals surface area contributed by atoms with E-state index in [9.17, 15) is 0 Å². The summed E-state index contributed by atoms with van der Waals surface area (Å²) < 4.78 is 5.23. The van der Waals surface area contributed by atoms with Gasteiger partial charge in [-0.15, -0.1) is 0 Å². The van der Waals surface area contributed by atoms with Crippen LogP contribution in [-0.4, -0.2) is 28.5 Å². The number of ether oxygens (including phenoxy) is 1. The van der Waals surface area contributed by atoms with Crippen molar-refractivity contribution in [2.45, 2.75) is 38.8 Å². The Hall–Kier alpha value is -2.14. The Morgan fingerprint density at radius 1 is 1.26 bits per heavy atom. The fourth-order valence-electron chi connectivity index (χ4n) is 3.31. The number of nitrogen functional groups attached to an aromatic ring is 1. The molecule has 1 atom stereocenters.